The fourth-order valence-electron chi connectivity index (χ4n) is 1.65. The van der Waals surface area contributed by atoms with E-state index < -0.39 is 0 Å². The van der Waals surface area contributed by atoms with Crippen molar-refractivity contribution >= 4 is 21.7 Å². The summed E-state index contributed by atoms with van der Waals surface area (Å²) in [6, 6.07) is 4.17. The lowest BCUT2D eigenvalue weighted by Crippen LogP contribution is -2.19. The Balaban J connectivity index is 2.25. The summed E-state index contributed by atoms with van der Waals surface area (Å²) in [7, 11) is 0. The Labute approximate surface area is 87.1 Å². The van der Waals surface area contributed by atoms with Crippen molar-refractivity contribution in [2.45, 2.75) is 19.8 Å². The monoisotopic (exact) mass is 240 g/mol. The highest BCUT2D eigenvalue weighted by Crippen LogP contribution is 2.21. The van der Waals surface area contributed by atoms with Gasteiger partial charge in [0, 0.05) is 17.6 Å². The molecule has 0 unspecified atom stereocenters. The Morgan fingerprint density at radius 1 is 1.31 bits per heavy atom. The largest absolute Gasteiger partial charge is 0.357 e. The predicted molar refractivity (Wildman–Crippen MR) is 58.1 cm³/mol. The van der Waals surface area contributed by atoms with Crippen molar-refractivity contribution < 1.29 is 0 Å². The highest BCUT2D eigenvalue weighted by Gasteiger charge is 2.13. The maximum atomic E-state index is 4.53. The van der Waals surface area contributed by atoms with Gasteiger partial charge in [0.15, 0.2) is 0 Å². The molecule has 2 heterocycles. The standard InChI is InChI=1S/C10H13BrN2/c1-8-9(11)4-5-10(12-8)13-6-2-3-7-13/h4-5H,2-3,6-7H2,1H3. The van der Waals surface area contributed by atoms with E-state index in [4.69, 9.17) is 0 Å². The normalized spacial score (nSPS) is 16.6. The predicted octanol–water partition coefficient (Wildman–Crippen LogP) is 2.75. The van der Waals surface area contributed by atoms with Crippen molar-refractivity contribution in [3.8, 4) is 0 Å². The maximum absolute atomic E-state index is 4.53. The summed E-state index contributed by atoms with van der Waals surface area (Å²) in [5.74, 6) is 1.12. The Morgan fingerprint density at radius 3 is 2.62 bits per heavy atom. The molecule has 1 aromatic rings. The second-order valence-corrected chi connectivity index (χ2v) is 4.29. The molecule has 1 aliphatic rings. The third-order valence-corrected chi connectivity index (χ3v) is 3.27. The maximum Gasteiger partial charge on any atom is 0.128 e. The Kier molecular flexibility index (Phi) is 2.54. The van der Waals surface area contributed by atoms with Crippen molar-refractivity contribution in [1.29, 1.82) is 0 Å². The summed E-state index contributed by atoms with van der Waals surface area (Å²) >= 11 is 3.46. The van der Waals surface area contributed by atoms with Crippen LogP contribution in [0, 0.1) is 6.92 Å². The van der Waals surface area contributed by atoms with Gasteiger partial charge in [-0.15, -0.1) is 0 Å². The number of nitrogens with zero attached hydrogens (tertiary/aromatic N) is 2. The number of pyridine rings is 1. The van der Waals surface area contributed by atoms with Crippen LogP contribution in [-0.4, -0.2) is 18.1 Å². The molecular formula is C10H13BrN2. The van der Waals surface area contributed by atoms with E-state index >= 15 is 0 Å². The first-order chi connectivity index (χ1) is 6.27. The van der Waals surface area contributed by atoms with E-state index in [0.717, 1.165) is 29.1 Å². The quantitative estimate of drug-likeness (QED) is 0.751. The highest BCUT2D eigenvalue weighted by atomic mass is 79.9. The molecule has 1 aliphatic heterocycles. The topological polar surface area (TPSA) is 16.1 Å². The number of aryl methyl sites for hydroxylation is 1. The third-order valence-electron chi connectivity index (χ3n) is 2.44. The zero-order chi connectivity index (χ0) is 9.26. The van der Waals surface area contributed by atoms with Gasteiger partial charge in [0.05, 0.1) is 5.69 Å². The average Bonchev–Trinajstić information content (AvgIpc) is 2.62. The molecule has 3 heteroatoms. The molecule has 0 spiro atoms. The van der Waals surface area contributed by atoms with Crippen LogP contribution in [-0.2, 0) is 0 Å². The third kappa shape index (κ3) is 1.85. The first-order valence-corrected chi connectivity index (χ1v) is 5.45. The average molecular weight is 241 g/mol. The second kappa shape index (κ2) is 3.66. The molecule has 0 radical (unpaired) electrons. The summed E-state index contributed by atoms with van der Waals surface area (Å²) in [6.07, 6.45) is 2.60. The fraction of sp³-hybridized carbons (Fsp3) is 0.500. The van der Waals surface area contributed by atoms with Crippen LogP contribution in [0.4, 0.5) is 5.82 Å². The molecule has 0 aliphatic carbocycles. The summed E-state index contributed by atoms with van der Waals surface area (Å²) < 4.78 is 1.09. The van der Waals surface area contributed by atoms with Gasteiger partial charge in [0.2, 0.25) is 0 Å². The van der Waals surface area contributed by atoms with Gasteiger partial charge >= 0.3 is 0 Å². The molecular weight excluding hydrogens is 228 g/mol. The van der Waals surface area contributed by atoms with E-state index in [2.05, 4.69) is 37.9 Å². The van der Waals surface area contributed by atoms with E-state index in [1.54, 1.807) is 0 Å². The molecule has 0 aromatic carbocycles. The summed E-state index contributed by atoms with van der Waals surface area (Å²) in [6.45, 7) is 4.35. The van der Waals surface area contributed by atoms with Crippen LogP contribution in [0.25, 0.3) is 0 Å². The van der Waals surface area contributed by atoms with Gasteiger partial charge in [0.25, 0.3) is 0 Å². The first kappa shape index (κ1) is 9.00. The molecule has 0 atom stereocenters. The van der Waals surface area contributed by atoms with Crippen LogP contribution in [0.5, 0.6) is 0 Å². The SMILES string of the molecule is Cc1nc(N2CCCC2)ccc1Br. The number of hydrogen-bond donors (Lipinski definition) is 0. The van der Waals surface area contributed by atoms with E-state index in [9.17, 15) is 0 Å². The van der Waals surface area contributed by atoms with Crippen LogP contribution in [0.15, 0.2) is 16.6 Å². The number of halogens is 1. The van der Waals surface area contributed by atoms with E-state index in [0.29, 0.717) is 0 Å². The van der Waals surface area contributed by atoms with Crippen LogP contribution in [0.3, 0.4) is 0 Å². The van der Waals surface area contributed by atoms with Gasteiger partial charge in [-0.25, -0.2) is 4.98 Å². The van der Waals surface area contributed by atoms with E-state index in [1.165, 1.54) is 12.8 Å². The Hall–Kier alpha value is -0.570. The van der Waals surface area contributed by atoms with E-state index in [-0.39, 0.29) is 0 Å². The molecule has 13 heavy (non-hydrogen) atoms. The Bertz CT molecular complexity index is 306. The smallest absolute Gasteiger partial charge is 0.128 e. The molecule has 1 fully saturated rings. The summed E-state index contributed by atoms with van der Waals surface area (Å²) in [5.41, 5.74) is 1.07. The molecule has 0 N–H and O–H groups in total. The van der Waals surface area contributed by atoms with E-state index in [1.807, 2.05) is 6.92 Å². The van der Waals surface area contributed by atoms with Crippen molar-refractivity contribution in [2.24, 2.45) is 0 Å². The molecule has 1 aromatic heterocycles. The van der Waals surface area contributed by atoms with Crippen molar-refractivity contribution in [2.75, 3.05) is 18.0 Å². The number of aromatic nitrogens is 1. The lowest BCUT2D eigenvalue weighted by molar-refractivity contribution is 0.927. The zero-order valence-electron chi connectivity index (χ0n) is 7.76. The molecule has 0 amide bonds. The molecule has 0 saturated carbocycles. The van der Waals surface area contributed by atoms with Gasteiger partial charge in [-0.3, -0.25) is 0 Å². The first-order valence-electron chi connectivity index (χ1n) is 4.65. The molecule has 2 rings (SSSR count). The van der Waals surface area contributed by atoms with Crippen LogP contribution >= 0.6 is 15.9 Å². The summed E-state index contributed by atoms with van der Waals surface area (Å²) in [5, 5.41) is 0. The zero-order valence-corrected chi connectivity index (χ0v) is 9.34. The fourth-order valence-corrected chi connectivity index (χ4v) is 1.87. The van der Waals surface area contributed by atoms with Gasteiger partial charge in [0.1, 0.15) is 5.82 Å². The van der Waals surface area contributed by atoms with Gasteiger partial charge in [-0.1, -0.05) is 0 Å². The minimum atomic E-state index is 1.07. The van der Waals surface area contributed by atoms with Crippen molar-refractivity contribution in [1.82, 2.24) is 4.98 Å². The Morgan fingerprint density at radius 2 is 2.00 bits per heavy atom. The highest BCUT2D eigenvalue weighted by molar-refractivity contribution is 9.10. The lowest BCUT2D eigenvalue weighted by Gasteiger charge is -2.16. The molecule has 1 saturated heterocycles. The molecule has 70 valence electrons. The number of anilines is 1. The van der Waals surface area contributed by atoms with Gasteiger partial charge in [-0.05, 0) is 47.8 Å². The van der Waals surface area contributed by atoms with Gasteiger partial charge in [-0.2, -0.15) is 0 Å². The minimum absolute atomic E-state index is 1.07. The number of rotatable bonds is 1. The van der Waals surface area contributed by atoms with Crippen molar-refractivity contribution in [3.05, 3.63) is 22.3 Å². The van der Waals surface area contributed by atoms with Gasteiger partial charge < -0.3 is 4.90 Å². The van der Waals surface area contributed by atoms with Crippen LogP contribution in [0.2, 0.25) is 0 Å². The molecule has 0 bridgehead atoms. The van der Waals surface area contributed by atoms with Crippen molar-refractivity contribution in [3.63, 3.8) is 0 Å². The summed E-state index contributed by atoms with van der Waals surface area (Å²) in [4.78, 5) is 6.88. The van der Waals surface area contributed by atoms with Crippen LogP contribution < -0.4 is 4.90 Å². The number of hydrogen-bond acceptors (Lipinski definition) is 2. The lowest BCUT2D eigenvalue weighted by atomic mass is 10.3. The second-order valence-electron chi connectivity index (χ2n) is 3.43. The van der Waals surface area contributed by atoms with Crippen LogP contribution in [0.1, 0.15) is 18.5 Å². The molecule has 2 nitrogen and oxygen atoms in total. The minimum Gasteiger partial charge on any atom is -0.357 e.